The Morgan fingerprint density at radius 3 is 2.65 bits per heavy atom. The van der Waals surface area contributed by atoms with Crippen LogP contribution >= 0.6 is 0 Å². The minimum Gasteiger partial charge on any atom is -0.348 e. The number of aryl methyl sites for hydroxylation is 1. The number of hydrogen-bond acceptors (Lipinski definition) is 3. The first-order chi connectivity index (χ1) is 12.5. The van der Waals surface area contributed by atoms with Gasteiger partial charge in [-0.2, -0.15) is 0 Å². The molecule has 0 spiro atoms. The molecule has 0 bridgehead atoms. The molecule has 0 saturated heterocycles. The van der Waals surface area contributed by atoms with Gasteiger partial charge in [0.25, 0.3) is 5.56 Å². The maximum absolute atomic E-state index is 13.2. The van der Waals surface area contributed by atoms with Gasteiger partial charge in [-0.3, -0.25) is 9.36 Å². The fourth-order valence-corrected chi connectivity index (χ4v) is 3.25. The summed E-state index contributed by atoms with van der Waals surface area (Å²) in [6, 6.07) is 9.12. The first-order valence-electron chi connectivity index (χ1n) is 8.32. The van der Waals surface area contributed by atoms with Crippen molar-refractivity contribution in [2.75, 3.05) is 14.1 Å². The Balaban J connectivity index is 2.01. The Morgan fingerprint density at radius 1 is 1.19 bits per heavy atom. The van der Waals surface area contributed by atoms with Gasteiger partial charge in [0.2, 0.25) is 0 Å². The standard InChI is InChI=1S/C19H19N5O2/c1-12-14(21-11-20-12)10-23-9-8-16-17(18(23)25)13-6-4-5-7-15(13)24(16)19(26)22(2)3/h4-9,11H,10H2,1-3H3,(H,20,21). The van der Waals surface area contributed by atoms with E-state index in [1.807, 2.05) is 37.3 Å². The number of para-hydroxylation sites is 1. The number of carbonyl (C=O) groups is 1. The van der Waals surface area contributed by atoms with E-state index in [1.54, 1.807) is 35.8 Å². The van der Waals surface area contributed by atoms with E-state index in [0.717, 1.165) is 22.3 Å². The Labute approximate surface area is 149 Å². The van der Waals surface area contributed by atoms with Gasteiger partial charge < -0.3 is 14.5 Å². The number of carbonyl (C=O) groups excluding carboxylic acids is 1. The summed E-state index contributed by atoms with van der Waals surface area (Å²) >= 11 is 0. The number of hydrogen-bond donors (Lipinski definition) is 1. The number of nitrogens with zero attached hydrogens (tertiary/aromatic N) is 4. The average Bonchev–Trinajstić information content (AvgIpc) is 3.18. The lowest BCUT2D eigenvalue weighted by Gasteiger charge is -2.13. The molecule has 1 N–H and O–H groups in total. The van der Waals surface area contributed by atoms with E-state index in [9.17, 15) is 9.59 Å². The maximum atomic E-state index is 13.2. The summed E-state index contributed by atoms with van der Waals surface area (Å²) in [5.41, 5.74) is 2.96. The van der Waals surface area contributed by atoms with E-state index in [0.29, 0.717) is 17.4 Å². The number of aromatic amines is 1. The highest BCUT2D eigenvalue weighted by molar-refractivity contribution is 6.12. The van der Waals surface area contributed by atoms with Crippen molar-refractivity contribution < 1.29 is 4.79 Å². The zero-order chi connectivity index (χ0) is 18.4. The second kappa shape index (κ2) is 5.87. The van der Waals surface area contributed by atoms with E-state index in [1.165, 1.54) is 4.90 Å². The Hall–Kier alpha value is -3.35. The summed E-state index contributed by atoms with van der Waals surface area (Å²) in [5, 5.41) is 1.32. The average molecular weight is 349 g/mol. The zero-order valence-corrected chi connectivity index (χ0v) is 14.9. The fraction of sp³-hybridized carbons (Fsp3) is 0.211. The molecule has 0 aliphatic rings. The van der Waals surface area contributed by atoms with Crippen LogP contribution in [0.5, 0.6) is 0 Å². The normalized spacial score (nSPS) is 11.3. The van der Waals surface area contributed by atoms with Crippen molar-refractivity contribution in [3.05, 3.63) is 64.6 Å². The van der Waals surface area contributed by atoms with Crippen molar-refractivity contribution in [2.24, 2.45) is 0 Å². The summed E-state index contributed by atoms with van der Waals surface area (Å²) < 4.78 is 3.22. The lowest BCUT2D eigenvalue weighted by molar-refractivity contribution is 0.221. The highest BCUT2D eigenvalue weighted by Crippen LogP contribution is 2.26. The van der Waals surface area contributed by atoms with Crippen molar-refractivity contribution in [2.45, 2.75) is 13.5 Å². The van der Waals surface area contributed by atoms with Crippen molar-refractivity contribution >= 4 is 27.8 Å². The molecule has 3 heterocycles. The molecule has 0 fully saturated rings. The monoisotopic (exact) mass is 349 g/mol. The first kappa shape index (κ1) is 16.1. The van der Waals surface area contributed by atoms with E-state index in [4.69, 9.17) is 0 Å². The van der Waals surface area contributed by atoms with Gasteiger partial charge in [-0.05, 0) is 19.1 Å². The lowest BCUT2D eigenvalue weighted by atomic mass is 10.2. The second-order valence-electron chi connectivity index (χ2n) is 6.51. The molecule has 3 aromatic heterocycles. The number of aromatic nitrogens is 4. The van der Waals surface area contributed by atoms with Crippen LogP contribution < -0.4 is 5.56 Å². The zero-order valence-electron chi connectivity index (χ0n) is 14.9. The Kier molecular flexibility index (Phi) is 3.64. The van der Waals surface area contributed by atoms with Gasteiger partial charge in [0.15, 0.2) is 0 Å². The third-order valence-corrected chi connectivity index (χ3v) is 4.63. The molecule has 1 aromatic carbocycles. The number of rotatable bonds is 2. The summed E-state index contributed by atoms with van der Waals surface area (Å²) in [5.74, 6) is 0. The highest BCUT2D eigenvalue weighted by Gasteiger charge is 2.20. The van der Waals surface area contributed by atoms with Gasteiger partial charge in [0, 0.05) is 31.4 Å². The van der Waals surface area contributed by atoms with Crippen molar-refractivity contribution in [3.63, 3.8) is 0 Å². The third kappa shape index (κ3) is 2.32. The van der Waals surface area contributed by atoms with Crippen LogP contribution in [0.4, 0.5) is 4.79 Å². The molecule has 0 aliphatic heterocycles. The van der Waals surface area contributed by atoms with Crippen molar-refractivity contribution in [1.82, 2.24) is 24.0 Å². The number of imidazole rings is 1. The predicted molar refractivity (Wildman–Crippen MR) is 101 cm³/mol. The molecule has 7 nitrogen and oxygen atoms in total. The summed E-state index contributed by atoms with van der Waals surface area (Å²) in [4.78, 5) is 34.7. The van der Waals surface area contributed by atoms with Crippen LogP contribution in [0.3, 0.4) is 0 Å². The third-order valence-electron chi connectivity index (χ3n) is 4.63. The maximum Gasteiger partial charge on any atom is 0.328 e. The van der Waals surface area contributed by atoms with Crippen LogP contribution in [0.2, 0.25) is 0 Å². The molecular formula is C19H19N5O2. The van der Waals surface area contributed by atoms with E-state index in [-0.39, 0.29) is 11.6 Å². The molecule has 0 radical (unpaired) electrons. The first-order valence-corrected chi connectivity index (χ1v) is 8.32. The van der Waals surface area contributed by atoms with Gasteiger partial charge in [0.1, 0.15) is 0 Å². The van der Waals surface area contributed by atoms with Crippen LogP contribution in [0.25, 0.3) is 21.8 Å². The molecule has 0 unspecified atom stereocenters. The largest absolute Gasteiger partial charge is 0.348 e. The molecule has 4 rings (SSSR count). The fourth-order valence-electron chi connectivity index (χ4n) is 3.25. The van der Waals surface area contributed by atoms with Gasteiger partial charge in [-0.1, -0.05) is 18.2 Å². The van der Waals surface area contributed by atoms with Crippen LogP contribution in [0, 0.1) is 6.92 Å². The van der Waals surface area contributed by atoms with E-state index in [2.05, 4.69) is 9.97 Å². The van der Waals surface area contributed by atoms with Gasteiger partial charge in [-0.15, -0.1) is 0 Å². The highest BCUT2D eigenvalue weighted by atomic mass is 16.2. The van der Waals surface area contributed by atoms with Crippen molar-refractivity contribution in [3.8, 4) is 0 Å². The SMILES string of the molecule is Cc1[nH]cnc1Cn1ccc2c(c1=O)c1ccccc1n2C(=O)N(C)C. The molecule has 0 aliphatic carbocycles. The van der Waals surface area contributed by atoms with E-state index < -0.39 is 0 Å². The van der Waals surface area contributed by atoms with Gasteiger partial charge in [0.05, 0.1) is 35.0 Å². The molecule has 7 heteroatoms. The molecule has 4 aromatic rings. The minimum atomic E-state index is -0.184. The number of amides is 1. The van der Waals surface area contributed by atoms with Crippen molar-refractivity contribution in [1.29, 1.82) is 0 Å². The van der Waals surface area contributed by atoms with Crippen LogP contribution in [0.1, 0.15) is 11.4 Å². The van der Waals surface area contributed by atoms with Gasteiger partial charge >= 0.3 is 6.03 Å². The summed E-state index contributed by atoms with van der Waals surface area (Å²) in [6.45, 7) is 2.30. The number of nitrogens with one attached hydrogen (secondary N) is 1. The number of benzene rings is 1. The topological polar surface area (TPSA) is 75.9 Å². The number of fused-ring (bicyclic) bond motifs is 3. The van der Waals surface area contributed by atoms with Crippen LogP contribution in [-0.4, -0.2) is 44.1 Å². The summed E-state index contributed by atoms with van der Waals surface area (Å²) in [6.07, 6.45) is 3.34. The lowest BCUT2D eigenvalue weighted by Crippen LogP contribution is -2.27. The van der Waals surface area contributed by atoms with Gasteiger partial charge in [-0.25, -0.2) is 9.78 Å². The number of H-pyrrole nitrogens is 1. The van der Waals surface area contributed by atoms with Crippen LogP contribution in [0.15, 0.2) is 47.7 Å². The smallest absolute Gasteiger partial charge is 0.328 e. The second-order valence-corrected chi connectivity index (χ2v) is 6.51. The Morgan fingerprint density at radius 2 is 1.96 bits per heavy atom. The van der Waals surface area contributed by atoms with E-state index >= 15 is 0 Å². The summed E-state index contributed by atoms with van der Waals surface area (Å²) in [7, 11) is 3.40. The molecule has 132 valence electrons. The molecule has 0 saturated carbocycles. The minimum absolute atomic E-state index is 0.133. The molecule has 26 heavy (non-hydrogen) atoms. The predicted octanol–water partition coefficient (Wildman–Crippen LogP) is 2.57. The van der Waals surface area contributed by atoms with Crippen LogP contribution in [-0.2, 0) is 6.54 Å². The Bertz CT molecular complexity index is 1200. The molecular weight excluding hydrogens is 330 g/mol. The number of pyridine rings is 1. The quantitative estimate of drug-likeness (QED) is 0.604. The molecule has 0 atom stereocenters. The molecule has 1 amide bonds.